The first kappa shape index (κ1) is 7.82. The van der Waals surface area contributed by atoms with E-state index in [0.29, 0.717) is 4.47 Å². The van der Waals surface area contributed by atoms with Crippen molar-refractivity contribution >= 4 is 33.2 Å². The van der Waals surface area contributed by atoms with Gasteiger partial charge in [-0.15, -0.1) is 0 Å². The van der Waals surface area contributed by atoms with Crippen LogP contribution in [0.1, 0.15) is 0 Å². The largest absolute Gasteiger partial charge is 0.397 e. The zero-order valence-corrected chi connectivity index (χ0v) is 7.21. The lowest BCUT2D eigenvalue weighted by atomic mass is 10.3. The predicted octanol–water partition coefficient (Wildman–Crippen LogP) is 2.82. The van der Waals surface area contributed by atoms with Crippen LogP contribution in [0.5, 0.6) is 0 Å². The Morgan fingerprint density at radius 2 is 2.10 bits per heavy atom. The highest BCUT2D eigenvalue weighted by molar-refractivity contribution is 9.10. The molecule has 0 saturated carbocycles. The summed E-state index contributed by atoms with van der Waals surface area (Å²) in [7, 11) is 0. The van der Waals surface area contributed by atoms with Crippen LogP contribution in [-0.4, -0.2) is 0 Å². The Labute approximate surface area is 71.1 Å². The van der Waals surface area contributed by atoms with Gasteiger partial charge in [-0.05, 0) is 12.1 Å². The molecule has 0 spiro atoms. The molecule has 1 aromatic rings. The van der Waals surface area contributed by atoms with Crippen molar-refractivity contribution in [2.75, 3.05) is 5.73 Å². The van der Waals surface area contributed by atoms with Crippen molar-refractivity contribution in [3.8, 4) is 0 Å². The smallest absolute Gasteiger partial charge is 0.145 e. The summed E-state index contributed by atoms with van der Waals surface area (Å²) >= 11 is 8.50. The average Bonchev–Trinajstić information content (AvgIpc) is 1.82. The molecule has 0 radical (unpaired) electrons. The van der Waals surface area contributed by atoms with E-state index in [1.807, 2.05) is 0 Å². The van der Waals surface area contributed by atoms with Gasteiger partial charge in [0.25, 0.3) is 0 Å². The van der Waals surface area contributed by atoms with Crippen molar-refractivity contribution in [1.82, 2.24) is 0 Å². The van der Waals surface area contributed by atoms with Crippen LogP contribution in [0, 0.1) is 5.82 Å². The molecular weight excluding hydrogens is 220 g/mol. The van der Waals surface area contributed by atoms with Crippen LogP contribution in [-0.2, 0) is 0 Å². The van der Waals surface area contributed by atoms with E-state index in [-0.39, 0.29) is 10.7 Å². The van der Waals surface area contributed by atoms with E-state index in [1.54, 1.807) is 6.07 Å². The number of benzene rings is 1. The van der Waals surface area contributed by atoms with Crippen molar-refractivity contribution < 1.29 is 4.39 Å². The summed E-state index contributed by atoms with van der Waals surface area (Å²) in [6.45, 7) is 0. The molecule has 0 heterocycles. The summed E-state index contributed by atoms with van der Waals surface area (Å²) in [6, 6.07) is 2.81. The molecule has 0 aliphatic carbocycles. The molecule has 0 saturated heterocycles. The van der Waals surface area contributed by atoms with Crippen LogP contribution in [0.2, 0.25) is 5.02 Å². The minimum atomic E-state index is -0.506. The van der Waals surface area contributed by atoms with Gasteiger partial charge in [-0.3, -0.25) is 0 Å². The second-order valence-electron chi connectivity index (χ2n) is 1.79. The molecule has 0 aliphatic heterocycles. The van der Waals surface area contributed by atoms with E-state index in [1.165, 1.54) is 6.07 Å². The molecule has 0 aliphatic rings. The Hall–Kier alpha value is -0.280. The topological polar surface area (TPSA) is 26.0 Å². The Balaban J connectivity index is 3.31. The number of hydrogen-bond acceptors (Lipinski definition) is 1. The maximum Gasteiger partial charge on any atom is 0.145 e. The molecule has 0 bridgehead atoms. The highest BCUT2D eigenvalue weighted by Gasteiger charge is 2.03. The maximum atomic E-state index is 12.6. The standard InChI is InChI=1S/C6H4BrClFN/c7-3-1-4(9)6(8)5(10)2-3/h1-2H,10H2. The third-order valence-corrected chi connectivity index (χ3v) is 1.88. The molecule has 0 amide bonds. The van der Waals surface area contributed by atoms with Crippen molar-refractivity contribution in [2.24, 2.45) is 0 Å². The van der Waals surface area contributed by atoms with Gasteiger partial charge in [0, 0.05) is 4.47 Å². The fourth-order valence-corrected chi connectivity index (χ4v) is 1.13. The van der Waals surface area contributed by atoms with Crippen LogP contribution in [0.3, 0.4) is 0 Å². The van der Waals surface area contributed by atoms with Crippen LogP contribution in [0.25, 0.3) is 0 Å². The number of halogens is 3. The fourth-order valence-electron chi connectivity index (χ4n) is 0.576. The molecule has 10 heavy (non-hydrogen) atoms. The molecule has 1 aromatic carbocycles. The van der Waals surface area contributed by atoms with E-state index in [0.717, 1.165) is 0 Å². The van der Waals surface area contributed by atoms with Crippen LogP contribution < -0.4 is 5.73 Å². The Morgan fingerprint density at radius 3 is 2.60 bits per heavy atom. The Morgan fingerprint density at radius 1 is 1.50 bits per heavy atom. The molecule has 1 rings (SSSR count). The zero-order valence-electron chi connectivity index (χ0n) is 4.87. The molecular formula is C6H4BrClFN. The quantitative estimate of drug-likeness (QED) is 0.532. The molecule has 0 fully saturated rings. The highest BCUT2D eigenvalue weighted by atomic mass is 79.9. The third-order valence-electron chi connectivity index (χ3n) is 1.02. The molecule has 54 valence electrons. The molecule has 0 atom stereocenters. The SMILES string of the molecule is Nc1cc(Br)cc(F)c1Cl. The van der Waals surface area contributed by atoms with E-state index in [9.17, 15) is 4.39 Å². The summed E-state index contributed by atoms with van der Waals surface area (Å²) in [6.07, 6.45) is 0. The maximum absolute atomic E-state index is 12.6. The van der Waals surface area contributed by atoms with Gasteiger partial charge in [-0.25, -0.2) is 4.39 Å². The first-order valence-corrected chi connectivity index (χ1v) is 3.68. The second-order valence-corrected chi connectivity index (χ2v) is 3.08. The van der Waals surface area contributed by atoms with Gasteiger partial charge in [0.1, 0.15) is 5.82 Å². The number of nitrogens with two attached hydrogens (primary N) is 1. The summed E-state index contributed by atoms with van der Waals surface area (Å²) in [5.41, 5.74) is 5.56. The van der Waals surface area contributed by atoms with Crippen molar-refractivity contribution in [3.05, 3.63) is 27.4 Å². The van der Waals surface area contributed by atoms with E-state index in [2.05, 4.69) is 15.9 Å². The lowest BCUT2D eigenvalue weighted by Gasteiger charge is -1.98. The summed E-state index contributed by atoms with van der Waals surface area (Å²) in [5.74, 6) is -0.506. The molecule has 4 heteroatoms. The first-order chi connectivity index (χ1) is 4.61. The van der Waals surface area contributed by atoms with Gasteiger partial charge in [0.05, 0.1) is 10.7 Å². The third kappa shape index (κ3) is 1.41. The summed E-state index contributed by atoms with van der Waals surface area (Å²) in [4.78, 5) is 0. The zero-order chi connectivity index (χ0) is 7.72. The van der Waals surface area contributed by atoms with E-state index in [4.69, 9.17) is 17.3 Å². The van der Waals surface area contributed by atoms with Crippen LogP contribution in [0.4, 0.5) is 10.1 Å². The molecule has 0 aromatic heterocycles. The van der Waals surface area contributed by atoms with E-state index < -0.39 is 5.82 Å². The van der Waals surface area contributed by atoms with Gasteiger partial charge in [0.15, 0.2) is 0 Å². The van der Waals surface area contributed by atoms with Gasteiger partial charge in [-0.1, -0.05) is 27.5 Å². The lowest BCUT2D eigenvalue weighted by Crippen LogP contribution is -1.88. The van der Waals surface area contributed by atoms with Gasteiger partial charge < -0.3 is 5.73 Å². The minimum Gasteiger partial charge on any atom is -0.397 e. The summed E-state index contributed by atoms with van der Waals surface area (Å²) < 4.78 is 13.2. The summed E-state index contributed by atoms with van der Waals surface area (Å²) in [5, 5.41) is -0.0248. The Kier molecular flexibility index (Phi) is 2.16. The number of hydrogen-bond donors (Lipinski definition) is 1. The monoisotopic (exact) mass is 223 g/mol. The van der Waals surface area contributed by atoms with Gasteiger partial charge >= 0.3 is 0 Å². The molecule has 0 unspecified atom stereocenters. The fraction of sp³-hybridized carbons (Fsp3) is 0. The van der Waals surface area contributed by atoms with Gasteiger partial charge in [0.2, 0.25) is 0 Å². The van der Waals surface area contributed by atoms with Crippen molar-refractivity contribution in [3.63, 3.8) is 0 Å². The lowest BCUT2D eigenvalue weighted by molar-refractivity contribution is 0.628. The average molecular weight is 224 g/mol. The number of nitrogen functional groups attached to an aromatic ring is 1. The van der Waals surface area contributed by atoms with Crippen molar-refractivity contribution in [2.45, 2.75) is 0 Å². The van der Waals surface area contributed by atoms with Crippen molar-refractivity contribution in [1.29, 1.82) is 0 Å². The minimum absolute atomic E-state index is 0.0248. The number of rotatable bonds is 0. The van der Waals surface area contributed by atoms with E-state index >= 15 is 0 Å². The Bertz CT molecular complexity index is 241. The highest BCUT2D eigenvalue weighted by Crippen LogP contribution is 2.26. The van der Waals surface area contributed by atoms with Gasteiger partial charge in [-0.2, -0.15) is 0 Å². The first-order valence-electron chi connectivity index (χ1n) is 2.51. The van der Waals surface area contributed by atoms with Crippen LogP contribution in [0.15, 0.2) is 16.6 Å². The normalized spacial score (nSPS) is 9.90. The van der Waals surface area contributed by atoms with Crippen LogP contribution >= 0.6 is 27.5 Å². The molecule has 1 nitrogen and oxygen atoms in total. The number of anilines is 1. The predicted molar refractivity (Wildman–Crippen MR) is 43.5 cm³/mol. The molecule has 2 N–H and O–H groups in total. The second kappa shape index (κ2) is 2.76.